The molecule has 0 aromatic heterocycles. The number of ketones is 1. The molecule has 0 atom stereocenters. The molecule has 0 aromatic rings. The van der Waals surface area contributed by atoms with Crippen molar-refractivity contribution in [2.24, 2.45) is 0 Å². The van der Waals surface area contributed by atoms with Gasteiger partial charge in [-0.15, -0.1) is 0 Å². The molecule has 0 spiro atoms. The van der Waals surface area contributed by atoms with Gasteiger partial charge in [0.1, 0.15) is 0 Å². The molecule has 0 rings (SSSR count). The standard InChI is InChI=1S/C3HF3O3.H2O/c4-2(5)1(7)3(8)9-6;/h2H;1H2. The Labute approximate surface area is 52.8 Å². The Bertz CT molecular complexity index is 134. The van der Waals surface area contributed by atoms with Crippen molar-refractivity contribution in [2.75, 3.05) is 0 Å². The van der Waals surface area contributed by atoms with Crippen LogP contribution in [0.1, 0.15) is 0 Å². The summed E-state index contributed by atoms with van der Waals surface area (Å²) in [7, 11) is 0. The quantitative estimate of drug-likeness (QED) is 0.507. The highest BCUT2D eigenvalue weighted by Crippen LogP contribution is 1.95. The van der Waals surface area contributed by atoms with E-state index in [1.165, 1.54) is 0 Å². The molecule has 0 aliphatic rings. The maximum Gasteiger partial charge on any atom is 0.420 e. The Hall–Kier alpha value is -1.11. The monoisotopic (exact) mass is 160 g/mol. The second-order valence-electron chi connectivity index (χ2n) is 1.03. The third kappa shape index (κ3) is 3.02. The molecule has 0 fully saturated rings. The van der Waals surface area contributed by atoms with Crippen LogP contribution >= 0.6 is 0 Å². The van der Waals surface area contributed by atoms with Gasteiger partial charge in [-0.3, -0.25) is 4.79 Å². The largest absolute Gasteiger partial charge is 0.420 e. The molecule has 0 amide bonds. The fourth-order valence-electron chi connectivity index (χ4n) is 0.127. The summed E-state index contributed by atoms with van der Waals surface area (Å²) in [6.45, 7) is 0. The highest BCUT2D eigenvalue weighted by atomic mass is 19.3. The van der Waals surface area contributed by atoms with E-state index in [9.17, 15) is 22.9 Å². The minimum atomic E-state index is -3.51. The predicted octanol–water partition coefficient (Wildman–Crippen LogP) is -0.576. The highest BCUT2D eigenvalue weighted by Gasteiger charge is 2.26. The summed E-state index contributed by atoms with van der Waals surface area (Å²) in [5.41, 5.74) is 0. The van der Waals surface area contributed by atoms with E-state index in [1.54, 1.807) is 0 Å². The van der Waals surface area contributed by atoms with Gasteiger partial charge >= 0.3 is 18.2 Å². The van der Waals surface area contributed by atoms with Crippen molar-refractivity contribution in [3.63, 3.8) is 0 Å². The Kier molecular flexibility index (Phi) is 5.52. The number of hydrogen-bond acceptors (Lipinski definition) is 3. The fraction of sp³-hybridized carbons (Fsp3) is 0.333. The second kappa shape index (κ2) is 4.74. The highest BCUT2D eigenvalue weighted by molar-refractivity contribution is 6.34. The first-order chi connectivity index (χ1) is 4.09. The number of rotatable bonds is 2. The summed E-state index contributed by atoms with van der Waals surface area (Å²) < 4.78 is 32.7. The number of Topliss-reactive ketones (excluding diaryl/α,β-unsaturated/α-hetero) is 1. The number of carbonyl (C=O) groups is 2. The van der Waals surface area contributed by atoms with E-state index < -0.39 is 18.2 Å². The molecule has 0 aromatic carbocycles. The average molecular weight is 160 g/mol. The Balaban J connectivity index is 0. The molecule has 7 heteroatoms. The van der Waals surface area contributed by atoms with Crippen molar-refractivity contribution in [2.45, 2.75) is 6.43 Å². The summed E-state index contributed by atoms with van der Waals surface area (Å²) in [4.78, 5) is 21.3. The maximum absolute atomic E-state index is 11.0. The first-order valence-electron chi connectivity index (χ1n) is 1.74. The summed E-state index contributed by atoms with van der Waals surface area (Å²) in [6.07, 6.45) is -3.51. The molecular formula is C3H3F3O4. The number of carbonyl (C=O) groups excluding carboxylic acids is 2. The van der Waals surface area contributed by atoms with Gasteiger partial charge in [0.25, 0.3) is 0 Å². The molecule has 0 unspecified atom stereocenters. The van der Waals surface area contributed by atoms with E-state index in [1.807, 2.05) is 0 Å². The predicted molar refractivity (Wildman–Crippen MR) is 21.8 cm³/mol. The van der Waals surface area contributed by atoms with Crippen molar-refractivity contribution >= 4 is 11.8 Å². The van der Waals surface area contributed by atoms with Crippen molar-refractivity contribution in [3.8, 4) is 0 Å². The van der Waals surface area contributed by atoms with Gasteiger partial charge in [-0.2, -0.15) is 0 Å². The normalized spacial score (nSPS) is 8.40. The van der Waals surface area contributed by atoms with Crippen LogP contribution in [0.15, 0.2) is 0 Å². The van der Waals surface area contributed by atoms with Gasteiger partial charge in [0.05, 0.1) is 0 Å². The number of halogens is 3. The van der Waals surface area contributed by atoms with Gasteiger partial charge in [0.2, 0.25) is 0 Å². The fourth-order valence-corrected chi connectivity index (χ4v) is 0.127. The zero-order valence-corrected chi connectivity index (χ0v) is 4.44. The molecule has 0 saturated heterocycles. The first-order valence-corrected chi connectivity index (χ1v) is 1.74. The summed E-state index contributed by atoms with van der Waals surface area (Å²) >= 11 is 0. The van der Waals surface area contributed by atoms with Gasteiger partial charge in [-0.25, -0.2) is 18.5 Å². The molecule has 0 saturated carbocycles. The lowest BCUT2D eigenvalue weighted by Gasteiger charge is -1.89. The smallest absolute Gasteiger partial charge is 0.412 e. The van der Waals surface area contributed by atoms with Crippen LogP contribution < -0.4 is 0 Å². The van der Waals surface area contributed by atoms with E-state index >= 15 is 0 Å². The van der Waals surface area contributed by atoms with E-state index in [0.717, 1.165) is 0 Å². The van der Waals surface area contributed by atoms with E-state index in [-0.39, 0.29) is 5.48 Å². The molecule has 60 valence electrons. The number of alkyl halides is 2. The molecule has 10 heavy (non-hydrogen) atoms. The Morgan fingerprint density at radius 3 is 1.80 bits per heavy atom. The summed E-state index contributed by atoms with van der Waals surface area (Å²) in [5, 5.41) is 0. The van der Waals surface area contributed by atoms with Gasteiger partial charge in [-0.1, -0.05) is 0 Å². The van der Waals surface area contributed by atoms with Crippen LogP contribution in [0.25, 0.3) is 0 Å². The molecule has 0 radical (unpaired) electrons. The van der Waals surface area contributed by atoms with Crippen molar-refractivity contribution in [1.29, 1.82) is 0 Å². The van der Waals surface area contributed by atoms with Crippen molar-refractivity contribution < 1.29 is 33.3 Å². The SMILES string of the molecule is O.O=C(OF)C(=O)C(F)F. The van der Waals surface area contributed by atoms with Crippen LogP contribution in [0.5, 0.6) is 0 Å². The van der Waals surface area contributed by atoms with Crippen molar-refractivity contribution in [3.05, 3.63) is 0 Å². The van der Waals surface area contributed by atoms with Gasteiger partial charge in [0, 0.05) is 4.53 Å². The van der Waals surface area contributed by atoms with Crippen molar-refractivity contribution in [1.82, 2.24) is 0 Å². The van der Waals surface area contributed by atoms with Crippen LogP contribution in [0.2, 0.25) is 0 Å². The van der Waals surface area contributed by atoms with Gasteiger partial charge in [-0.05, 0) is 0 Å². The topological polar surface area (TPSA) is 74.9 Å². The Morgan fingerprint density at radius 1 is 1.30 bits per heavy atom. The summed E-state index contributed by atoms with van der Waals surface area (Å²) in [5.74, 6) is -4.36. The van der Waals surface area contributed by atoms with E-state index in [0.29, 0.717) is 0 Å². The lowest BCUT2D eigenvalue weighted by Crippen LogP contribution is -2.21. The second-order valence-corrected chi connectivity index (χ2v) is 1.03. The van der Waals surface area contributed by atoms with E-state index in [4.69, 9.17) is 0 Å². The lowest BCUT2D eigenvalue weighted by atomic mass is 10.4. The molecule has 0 aliphatic heterocycles. The zero-order valence-electron chi connectivity index (χ0n) is 4.44. The van der Waals surface area contributed by atoms with Crippen LogP contribution in [0.3, 0.4) is 0 Å². The van der Waals surface area contributed by atoms with Crippen LogP contribution in [0, 0.1) is 0 Å². The number of hydrogen-bond donors (Lipinski definition) is 0. The van der Waals surface area contributed by atoms with Gasteiger partial charge in [0.15, 0.2) is 0 Å². The third-order valence-corrected chi connectivity index (χ3v) is 0.469. The maximum atomic E-state index is 11.0. The van der Waals surface area contributed by atoms with Gasteiger partial charge < -0.3 is 5.48 Å². The third-order valence-electron chi connectivity index (χ3n) is 0.469. The van der Waals surface area contributed by atoms with Crippen LogP contribution in [0.4, 0.5) is 13.3 Å². The molecule has 0 aliphatic carbocycles. The molecular weight excluding hydrogens is 157 g/mol. The molecule has 2 N–H and O–H groups in total. The lowest BCUT2D eigenvalue weighted by molar-refractivity contribution is -0.188. The van der Waals surface area contributed by atoms with Crippen LogP contribution in [-0.4, -0.2) is 23.7 Å². The first kappa shape index (κ1) is 11.7. The molecule has 0 heterocycles. The summed E-state index contributed by atoms with van der Waals surface area (Å²) in [6, 6.07) is 0. The zero-order chi connectivity index (χ0) is 7.44. The molecule has 0 bridgehead atoms. The van der Waals surface area contributed by atoms with E-state index in [2.05, 4.69) is 4.94 Å². The average Bonchev–Trinajstić information content (AvgIpc) is 1.84. The minimum absolute atomic E-state index is 0. The Morgan fingerprint density at radius 2 is 1.70 bits per heavy atom. The minimum Gasteiger partial charge on any atom is -0.412 e. The van der Waals surface area contributed by atoms with Crippen LogP contribution in [-0.2, 0) is 14.5 Å². The molecule has 4 nitrogen and oxygen atoms in total.